The Balaban J connectivity index is 2.13. The van der Waals surface area contributed by atoms with Crippen LogP contribution in [0.3, 0.4) is 0 Å². The van der Waals surface area contributed by atoms with Gasteiger partial charge in [0.2, 0.25) is 0 Å². The van der Waals surface area contributed by atoms with E-state index < -0.39 is 0 Å². The molecule has 0 aromatic carbocycles. The summed E-state index contributed by atoms with van der Waals surface area (Å²) in [5.74, 6) is 0.955. The van der Waals surface area contributed by atoms with Crippen LogP contribution in [-0.2, 0) is 0 Å². The third-order valence-electron chi connectivity index (χ3n) is 3.32. The summed E-state index contributed by atoms with van der Waals surface area (Å²) >= 11 is 0. The predicted molar refractivity (Wildman–Crippen MR) is 67.1 cm³/mol. The topological polar surface area (TPSA) is 46.8 Å². The number of fused-ring (bicyclic) bond motifs is 1. The molecule has 0 spiro atoms. The number of anilines is 1. The van der Waals surface area contributed by atoms with E-state index >= 15 is 0 Å². The smallest absolute Gasteiger partial charge is 0.165 e. The SMILES string of the molecule is CC(C)n1cnc2c(N(C)C3CC3)ncnc21. The Hall–Kier alpha value is -1.65. The molecule has 1 aliphatic rings. The Bertz CT molecular complexity index is 541. The minimum absolute atomic E-state index is 0.369. The van der Waals surface area contributed by atoms with Crippen LogP contribution in [0.4, 0.5) is 5.82 Å². The van der Waals surface area contributed by atoms with Gasteiger partial charge in [0.05, 0.1) is 6.33 Å². The van der Waals surface area contributed by atoms with Crippen LogP contribution in [0.2, 0.25) is 0 Å². The average Bonchev–Trinajstić information content (AvgIpc) is 3.06. The van der Waals surface area contributed by atoms with Crippen LogP contribution in [0.15, 0.2) is 12.7 Å². The van der Waals surface area contributed by atoms with Crippen molar-refractivity contribution in [3.63, 3.8) is 0 Å². The molecule has 0 N–H and O–H groups in total. The molecule has 1 aliphatic carbocycles. The zero-order valence-corrected chi connectivity index (χ0v) is 10.5. The highest BCUT2D eigenvalue weighted by Gasteiger charge is 2.29. The van der Waals surface area contributed by atoms with Crippen LogP contribution in [0.5, 0.6) is 0 Å². The lowest BCUT2D eigenvalue weighted by molar-refractivity contribution is 0.612. The van der Waals surface area contributed by atoms with Crippen molar-refractivity contribution in [2.45, 2.75) is 38.8 Å². The van der Waals surface area contributed by atoms with E-state index in [1.54, 1.807) is 6.33 Å². The van der Waals surface area contributed by atoms with E-state index in [4.69, 9.17) is 0 Å². The van der Waals surface area contributed by atoms with E-state index in [0.29, 0.717) is 12.1 Å². The summed E-state index contributed by atoms with van der Waals surface area (Å²) in [6.45, 7) is 4.26. The molecule has 0 atom stereocenters. The standard InChI is InChI=1S/C12H17N5/c1-8(2)17-7-15-10-11(13-6-14-12(10)17)16(3)9-4-5-9/h6-9H,4-5H2,1-3H3. The fraction of sp³-hybridized carbons (Fsp3) is 0.583. The van der Waals surface area contributed by atoms with Crippen LogP contribution >= 0.6 is 0 Å². The monoisotopic (exact) mass is 231 g/mol. The van der Waals surface area contributed by atoms with Crippen LogP contribution < -0.4 is 4.90 Å². The lowest BCUT2D eigenvalue weighted by Crippen LogP contribution is -2.21. The van der Waals surface area contributed by atoms with E-state index in [0.717, 1.165) is 17.0 Å². The number of imidazole rings is 1. The molecule has 0 saturated heterocycles. The summed E-state index contributed by atoms with van der Waals surface area (Å²) in [4.78, 5) is 15.4. The van der Waals surface area contributed by atoms with Gasteiger partial charge in [-0.05, 0) is 26.7 Å². The molecule has 0 bridgehead atoms. The molecule has 17 heavy (non-hydrogen) atoms. The first-order valence-electron chi connectivity index (χ1n) is 6.09. The summed E-state index contributed by atoms with van der Waals surface area (Å²) in [6, 6.07) is 1.01. The van der Waals surface area contributed by atoms with Crippen LogP contribution in [-0.4, -0.2) is 32.6 Å². The van der Waals surface area contributed by atoms with Crippen molar-refractivity contribution in [3.05, 3.63) is 12.7 Å². The summed E-state index contributed by atoms with van der Waals surface area (Å²) in [7, 11) is 2.09. The zero-order valence-electron chi connectivity index (χ0n) is 10.5. The van der Waals surface area contributed by atoms with E-state index in [1.807, 2.05) is 6.33 Å². The van der Waals surface area contributed by atoms with E-state index in [2.05, 4.69) is 45.3 Å². The Morgan fingerprint density at radius 1 is 1.29 bits per heavy atom. The number of hydrogen-bond acceptors (Lipinski definition) is 4. The van der Waals surface area contributed by atoms with Crippen molar-refractivity contribution in [2.75, 3.05) is 11.9 Å². The molecule has 0 aliphatic heterocycles. The van der Waals surface area contributed by atoms with Gasteiger partial charge in [-0.3, -0.25) is 0 Å². The minimum atomic E-state index is 0.369. The lowest BCUT2D eigenvalue weighted by atomic mass is 10.4. The molecule has 5 nitrogen and oxygen atoms in total. The minimum Gasteiger partial charge on any atom is -0.355 e. The fourth-order valence-corrected chi connectivity index (χ4v) is 2.11. The molecular weight excluding hydrogens is 214 g/mol. The van der Waals surface area contributed by atoms with E-state index in [1.165, 1.54) is 12.8 Å². The maximum atomic E-state index is 4.47. The van der Waals surface area contributed by atoms with Crippen molar-refractivity contribution >= 4 is 17.0 Å². The van der Waals surface area contributed by atoms with Gasteiger partial charge in [0.1, 0.15) is 6.33 Å². The predicted octanol–water partition coefficient (Wildman–Crippen LogP) is 2.01. The van der Waals surface area contributed by atoms with Crippen molar-refractivity contribution in [1.82, 2.24) is 19.5 Å². The molecule has 1 saturated carbocycles. The third kappa shape index (κ3) is 1.66. The van der Waals surface area contributed by atoms with Gasteiger partial charge in [-0.1, -0.05) is 0 Å². The number of hydrogen-bond donors (Lipinski definition) is 0. The van der Waals surface area contributed by atoms with Crippen molar-refractivity contribution < 1.29 is 0 Å². The molecule has 2 aromatic rings. The van der Waals surface area contributed by atoms with Crippen molar-refractivity contribution in [1.29, 1.82) is 0 Å². The second-order valence-corrected chi connectivity index (χ2v) is 4.96. The molecular formula is C12H17N5. The van der Waals surface area contributed by atoms with Gasteiger partial charge in [-0.2, -0.15) is 0 Å². The maximum absolute atomic E-state index is 4.47. The fourth-order valence-electron chi connectivity index (χ4n) is 2.11. The van der Waals surface area contributed by atoms with Crippen molar-refractivity contribution in [3.8, 4) is 0 Å². The summed E-state index contributed by atoms with van der Waals surface area (Å²) in [5.41, 5.74) is 1.84. The highest BCUT2D eigenvalue weighted by molar-refractivity contribution is 5.83. The molecule has 2 heterocycles. The quantitative estimate of drug-likeness (QED) is 0.810. The van der Waals surface area contributed by atoms with E-state index in [-0.39, 0.29) is 0 Å². The number of nitrogens with zero attached hydrogens (tertiary/aromatic N) is 5. The lowest BCUT2D eigenvalue weighted by Gasteiger charge is -2.17. The molecule has 2 aromatic heterocycles. The average molecular weight is 231 g/mol. The Labute approximate surface area is 100 Å². The first-order chi connectivity index (χ1) is 8.18. The van der Waals surface area contributed by atoms with Gasteiger partial charge in [0.15, 0.2) is 17.0 Å². The molecule has 3 rings (SSSR count). The zero-order chi connectivity index (χ0) is 12.0. The molecule has 0 unspecified atom stereocenters. The van der Waals surface area contributed by atoms with Gasteiger partial charge in [0.25, 0.3) is 0 Å². The summed E-state index contributed by atoms with van der Waals surface area (Å²) in [6.07, 6.45) is 6.01. The van der Waals surface area contributed by atoms with E-state index in [9.17, 15) is 0 Å². The Morgan fingerprint density at radius 2 is 2.06 bits per heavy atom. The van der Waals surface area contributed by atoms with Gasteiger partial charge in [0, 0.05) is 19.1 Å². The summed E-state index contributed by atoms with van der Waals surface area (Å²) < 4.78 is 2.08. The maximum Gasteiger partial charge on any atom is 0.165 e. The van der Waals surface area contributed by atoms with Gasteiger partial charge in [-0.25, -0.2) is 15.0 Å². The number of rotatable bonds is 3. The van der Waals surface area contributed by atoms with Crippen LogP contribution in [0.1, 0.15) is 32.7 Å². The molecule has 1 fully saturated rings. The Morgan fingerprint density at radius 3 is 2.71 bits per heavy atom. The molecule has 90 valence electrons. The first kappa shape index (κ1) is 10.5. The van der Waals surface area contributed by atoms with Gasteiger partial charge >= 0.3 is 0 Å². The highest BCUT2D eigenvalue weighted by Crippen LogP contribution is 2.32. The van der Waals surface area contributed by atoms with Gasteiger partial charge < -0.3 is 9.47 Å². The van der Waals surface area contributed by atoms with Crippen molar-refractivity contribution in [2.24, 2.45) is 0 Å². The molecule has 5 heteroatoms. The second-order valence-electron chi connectivity index (χ2n) is 4.96. The first-order valence-corrected chi connectivity index (χ1v) is 6.09. The van der Waals surface area contributed by atoms with Gasteiger partial charge in [-0.15, -0.1) is 0 Å². The van der Waals surface area contributed by atoms with Crippen LogP contribution in [0.25, 0.3) is 11.2 Å². The molecule has 0 amide bonds. The third-order valence-corrected chi connectivity index (χ3v) is 3.32. The molecule has 0 radical (unpaired) electrons. The second kappa shape index (κ2) is 3.68. The highest BCUT2D eigenvalue weighted by atomic mass is 15.2. The summed E-state index contributed by atoms with van der Waals surface area (Å²) in [5, 5.41) is 0. The largest absolute Gasteiger partial charge is 0.355 e. The normalized spacial score (nSPS) is 15.8. The van der Waals surface area contributed by atoms with Crippen LogP contribution in [0, 0.1) is 0 Å². The Kier molecular flexibility index (Phi) is 2.28. The number of aromatic nitrogens is 4.